The largest absolute Gasteiger partial charge is 0.362 e. The third kappa shape index (κ3) is 4.14. The summed E-state index contributed by atoms with van der Waals surface area (Å²) in [5.74, 6) is 0.763. The molecule has 7 heteroatoms. The topological polar surface area (TPSA) is 89.3 Å². The van der Waals surface area contributed by atoms with Crippen molar-refractivity contribution in [3.63, 3.8) is 0 Å². The first-order chi connectivity index (χ1) is 11.2. The molecule has 2 heterocycles. The van der Waals surface area contributed by atoms with E-state index >= 15 is 0 Å². The summed E-state index contributed by atoms with van der Waals surface area (Å²) >= 11 is 0. The third-order valence-corrected chi connectivity index (χ3v) is 3.75. The zero-order valence-corrected chi connectivity index (χ0v) is 13.0. The molecule has 0 fully saturated rings. The number of carbonyl (C=O) groups excluding carboxylic acids is 1. The highest BCUT2D eigenvalue weighted by atomic mass is 16.5. The van der Waals surface area contributed by atoms with Gasteiger partial charge in [-0.15, -0.1) is 0 Å². The number of nitrogens with zero attached hydrogens (tertiary/aromatic N) is 2. The lowest BCUT2D eigenvalue weighted by Gasteiger charge is -2.27. The summed E-state index contributed by atoms with van der Waals surface area (Å²) in [7, 11) is 0. The minimum absolute atomic E-state index is 0.0319. The van der Waals surface area contributed by atoms with Crippen molar-refractivity contribution in [1.29, 1.82) is 0 Å². The maximum Gasteiger partial charge on any atom is 0.252 e. The molecule has 0 saturated heterocycles. The molecule has 7 nitrogen and oxygen atoms in total. The molecular weight excluding hydrogens is 296 g/mol. The standard InChI is InChI=1S/C16H20N4O3/c1-11-19-16(23-20-11)10-22-9-15(21)18-8-14-13-5-3-2-4-12(13)6-7-17-14/h2-5,14,17H,6-10H2,1H3,(H,18,21). The first kappa shape index (κ1) is 15.6. The summed E-state index contributed by atoms with van der Waals surface area (Å²) in [5, 5.41) is 9.98. The van der Waals surface area contributed by atoms with E-state index in [0.29, 0.717) is 18.3 Å². The lowest BCUT2D eigenvalue weighted by Crippen LogP contribution is -2.39. The SMILES string of the molecule is Cc1noc(COCC(=O)NCC2NCCc3ccccc32)n1. The zero-order valence-electron chi connectivity index (χ0n) is 13.0. The van der Waals surface area contributed by atoms with Gasteiger partial charge >= 0.3 is 0 Å². The van der Waals surface area contributed by atoms with E-state index in [1.54, 1.807) is 6.92 Å². The molecule has 0 aliphatic carbocycles. The van der Waals surface area contributed by atoms with Crippen LogP contribution in [0.1, 0.15) is 28.9 Å². The quantitative estimate of drug-likeness (QED) is 0.823. The van der Waals surface area contributed by atoms with Crippen LogP contribution in [0.3, 0.4) is 0 Å². The fourth-order valence-electron chi connectivity index (χ4n) is 2.67. The number of ether oxygens (including phenoxy) is 1. The van der Waals surface area contributed by atoms with Crippen LogP contribution in [0.4, 0.5) is 0 Å². The van der Waals surface area contributed by atoms with Gasteiger partial charge in [-0.1, -0.05) is 29.4 Å². The molecule has 1 aliphatic rings. The highest BCUT2D eigenvalue weighted by Crippen LogP contribution is 2.21. The number of hydrogen-bond donors (Lipinski definition) is 2. The van der Waals surface area contributed by atoms with Crippen molar-refractivity contribution in [2.24, 2.45) is 0 Å². The highest BCUT2D eigenvalue weighted by molar-refractivity contribution is 5.77. The summed E-state index contributed by atoms with van der Waals surface area (Å²) in [4.78, 5) is 15.9. The molecule has 1 unspecified atom stereocenters. The van der Waals surface area contributed by atoms with Gasteiger partial charge in [0.05, 0.1) is 0 Å². The van der Waals surface area contributed by atoms with Crippen LogP contribution >= 0.6 is 0 Å². The summed E-state index contributed by atoms with van der Waals surface area (Å²) < 4.78 is 10.2. The van der Waals surface area contributed by atoms with E-state index in [2.05, 4.69) is 32.9 Å². The molecular formula is C16H20N4O3. The van der Waals surface area contributed by atoms with Crippen LogP contribution in [-0.4, -0.2) is 35.7 Å². The van der Waals surface area contributed by atoms with Crippen LogP contribution in [-0.2, 0) is 22.6 Å². The molecule has 0 bridgehead atoms. The molecule has 2 N–H and O–H groups in total. The number of carbonyl (C=O) groups is 1. The van der Waals surface area contributed by atoms with Crippen molar-refractivity contribution in [1.82, 2.24) is 20.8 Å². The first-order valence-corrected chi connectivity index (χ1v) is 7.67. The molecule has 3 rings (SSSR count). The number of aryl methyl sites for hydroxylation is 1. The second-order valence-electron chi connectivity index (χ2n) is 5.49. The normalized spacial score (nSPS) is 16.8. The fraction of sp³-hybridized carbons (Fsp3) is 0.438. The number of aromatic nitrogens is 2. The van der Waals surface area contributed by atoms with Crippen LogP contribution in [0.2, 0.25) is 0 Å². The monoisotopic (exact) mass is 316 g/mol. The number of hydrogen-bond acceptors (Lipinski definition) is 6. The Morgan fingerprint density at radius 1 is 1.48 bits per heavy atom. The first-order valence-electron chi connectivity index (χ1n) is 7.67. The number of amides is 1. The fourth-order valence-corrected chi connectivity index (χ4v) is 2.67. The number of rotatable bonds is 6. The van der Waals surface area contributed by atoms with Crippen LogP contribution in [0, 0.1) is 6.92 Å². The van der Waals surface area contributed by atoms with Gasteiger partial charge in [-0.2, -0.15) is 4.98 Å². The van der Waals surface area contributed by atoms with Crippen LogP contribution < -0.4 is 10.6 Å². The summed E-state index contributed by atoms with van der Waals surface area (Å²) in [6.45, 7) is 3.30. The van der Waals surface area contributed by atoms with Gasteiger partial charge in [0.15, 0.2) is 5.82 Å². The minimum Gasteiger partial charge on any atom is -0.362 e. The summed E-state index contributed by atoms with van der Waals surface area (Å²) in [6, 6.07) is 8.46. The lowest BCUT2D eigenvalue weighted by atomic mass is 9.94. The summed E-state index contributed by atoms with van der Waals surface area (Å²) in [6.07, 6.45) is 1.02. The van der Waals surface area contributed by atoms with E-state index in [-0.39, 0.29) is 25.2 Å². The van der Waals surface area contributed by atoms with Crippen LogP contribution in [0.25, 0.3) is 0 Å². The Balaban J connectivity index is 1.43. The average molecular weight is 316 g/mol. The Bertz CT molecular complexity index is 671. The molecule has 1 atom stereocenters. The average Bonchev–Trinajstić information content (AvgIpc) is 2.98. The Morgan fingerprint density at radius 3 is 3.17 bits per heavy atom. The smallest absolute Gasteiger partial charge is 0.252 e. The lowest BCUT2D eigenvalue weighted by molar-refractivity contribution is -0.126. The van der Waals surface area contributed by atoms with E-state index in [9.17, 15) is 4.79 Å². The molecule has 0 spiro atoms. The van der Waals surface area contributed by atoms with Gasteiger partial charge in [-0.25, -0.2) is 0 Å². The van der Waals surface area contributed by atoms with Crippen molar-refractivity contribution in [2.75, 3.05) is 19.7 Å². The molecule has 1 aliphatic heterocycles. The molecule has 1 amide bonds. The third-order valence-electron chi connectivity index (χ3n) is 3.75. The van der Waals surface area contributed by atoms with Gasteiger partial charge in [-0.05, 0) is 31.0 Å². The van der Waals surface area contributed by atoms with E-state index < -0.39 is 0 Å². The van der Waals surface area contributed by atoms with Gasteiger partial charge in [0.25, 0.3) is 5.89 Å². The van der Waals surface area contributed by atoms with E-state index in [1.807, 2.05) is 12.1 Å². The Morgan fingerprint density at radius 2 is 2.35 bits per heavy atom. The molecule has 1 aromatic heterocycles. The Labute approximate surface area is 134 Å². The minimum atomic E-state index is -0.161. The maximum atomic E-state index is 11.9. The maximum absolute atomic E-state index is 11.9. The zero-order chi connectivity index (χ0) is 16.1. The van der Waals surface area contributed by atoms with Crippen LogP contribution in [0.5, 0.6) is 0 Å². The number of benzene rings is 1. The second kappa shape index (κ2) is 7.34. The van der Waals surface area contributed by atoms with Crippen molar-refractivity contribution < 1.29 is 14.1 Å². The van der Waals surface area contributed by atoms with E-state index in [1.165, 1.54) is 11.1 Å². The molecule has 23 heavy (non-hydrogen) atoms. The number of nitrogens with one attached hydrogen (secondary N) is 2. The Kier molecular flexibility index (Phi) is 4.99. The van der Waals surface area contributed by atoms with Crippen molar-refractivity contribution >= 4 is 5.91 Å². The van der Waals surface area contributed by atoms with Gasteiger partial charge in [0.2, 0.25) is 5.91 Å². The highest BCUT2D eigenvalue weighted by Gasteiger charge is 2.19. The predicted octanol–water partition coefficient (Wildman–Crippen LogP) is 0.898. The van der Waals surface area contributed by atoms with Crippen LogP contribution in [0.15, 0.2) is 28.8 Å². The van der Waals surface area contributed by atoms with E-state index in [4.69, 9.17) is 9.26 Å². The molecule has 2 aromatic rings. The second-order valence-corrected chi connectivity index (χ2v) is 5.49. The van der Waals surface area contributed by atoms with Gasteiger partial charge in [0.1, 0.15) is 13.2 Å². The van der Waals surface area contributed by atoms with Gasteiger partial charge in [0, 0.05) is 12.6 Å². The molecule has 0 radical (unpaired) electrons. The van der Waals surface area contributed by atoms with Gasteiger partial charge in [-0.3, -0.25) is 4.79 Å². The Hall–Kier alpha value is -2.25. The summed E-state index contributed by atoms with van der Waals surface area (Å²) in [5.41, 5.74) is 2.59. The molecule has 1 aromatic carbocycles. The van der Waals surface area contributed by atoms with Crippen molar-refractivity contribution in [3.05, 3.63) is 47.1 Å². The van der Waals surface area contributed by atoms with Crippen molar-refractivity contribution in [2.45, 2.75) is 26.0 Å². The number of fused-ring (bicyclic) bond motifs is 1. The molecule has 122 valence electrons. The van der Waals surface area contributed by atoms with Gasteiger partial charge < -0.3 is 19.9 Å². The molecule has 0 saturated carbocycles. The predicted molar refractivity (Wildman–Crippen MR) is 82.6 cm³/mol. The van der Waals surface area contributed by atoms with Crippen molar-refractivity contribution in [3.8, 4) is 0 Å². The van der Waals surface area contributed by atoms with E-state index in [0.717, 1.165) is 13.0 Å².